The summed E-state index contributed by atoms with van der Waals surface area (Å²) >= 11 is 0. The SMILES string of the molecule is CC(C)CC(NC(=O)C(N)Cc1ccccc1)C(=O)NC(CO)C(=O)NC(Cc1ccc(O)cc1)C(=O)NC(CCCCN)C(=O)O. The van der Waals surface area contributed by atoms with Crippen LogP contribution < -0.4 is 32.7 Å². The smallest absolute Gasteiger partial charge is 0.326 e. The molecule has 14 heteroatoms. The third kappa shape index (κ3) is 13.8. The normalized spacial score (nSPS) is 14.3. The van der Waals surface area contributed by atoms with Crippen LogP contribution in [-0.4, -0.2) is 88.3 Å². The number of aliphatic hydroxyl groups is 1. The van der Waals surface area contributed by atoms with Crippen LogP contribution in [0.3, 0.4) is 0 Å². The van der Waals surface area contributed by atoms with Gasteiger partial charge in [0.2, 0.25) is 23.6 Å². The Balaban J connectivity index is 2.18. The molecule has 0 fully saturated rings. The van der Waals surface area contributed by atoms with Crippen LogP contribution in [0.5, 0.6) is 5.75 Å². The molecule has 5 unspecified atom stereocenters. The van der Waals surface area contributed by atoms with Crippen molar-refractivity contribution in [3.8, 4) is 5.75 Å². The maximum absolute atomic E-state index is 13.3. The van der Waals surface area contributed by atoms with E-state index in [1.165, 1.54) is 24.3 Å². The molecule has 0 radical (unpaired) electrons. The van der Waals surface area contributed by atoms with Crippen molar-refractivity contribution in [3.05, 3.63) is 65.7 Å². The molecule has 0 heterocycles. The highest BCUT2D eigenvalue weighted by Crippen LogP contribution is 2.13. The van der Waals surface area contributed by atoms with E-state index in [1.807, 2.05) is 44.2 Å². The summed E-state index contributed by atoms with van der Waals surface area (Å²) in [5, 5.41) is 39.4. The maximum Gasteiger partial charge on any atom is 0.326 e. The Kier molecular flexibility index (Phi) is 16.3. The second-order valence-electron chi connectivity index (χ2n) is 11.8. The van der Waals surface area contributed by atoms with E-state index in [-0.39, 0.29) is 37.4 Å². The number of benzene rings is 2. The van der Waals surface area contributed by atoms with E-state index in [1.54, 1.807) is 0 Å². The van der Waals surface area contributed by atoms with Crippen molar-refractivity contribution in [1.82, 2.24) is 21.3 Å². The van der Waals surface area contributed by atoms with Crippen LogP contribution in [0, 0.1) is 5.92 Å². The van der Waals surface area contributed by atoms with Crippen molar-refractivity contribution >= 4 is 29.6 Å². The standard InChI is InChI=1S/C33H48N6O8/c1-20(2)16-26(37-29(42)24(35)17-21-8-4-3-5-9-21)30(43)39-28(19-40)32(45)38-27(18-22-11-13-23(41)14-12-22)31(44)36-25(33(46)47)10-6-7-15-34/h3-5,8-9,11-14,20,24-28,40-41H,6-7,10,15-19,34-35H2,1-2H3,(H,36,44)(H,37,42)(H,38,45)(H,39,43)(H,46,47). The first kappa shape index (κ1) is 38.7. The van der Waals surface area contributed by atoms with Crippen molar-refractivity contribution in [2.75, 3.05) is 13.2 Å². The summed E-state index contributed by atoms with van der Waals surface area (Å²) in [5.41, 5.74) is 13.0. The predicted octanol–water partition coefficient (Wildman–Crippen LogP) is -0.304. The molecule has 0 aliphatic heterocycles. The highest BCUT2D eigenvalue weighted by molar-refractivity contribution is 5.95. The van der Waals surface area contributed by atoms with Gasteiger partial charge in [0.1, 0.15) is 29.9 Å². The fourth-order valence-electron chi connectivity index (χ4n) is 4.78. The summed E-state index contributed by atoms with van der Waals surface area (Å²) in [4.78, 5) is 64.7. The van der Waals surface area contributed by atoms with Gasteiger partial charge >= 0.3 is 5.97 Å². The monoisotopic (exact) mass is 656 g/mol. The lowest BCUT2D eigenvalue weighted by Gasteiger charge is -2.26. The molecular weight excluding hydrogens is 608 g/mol. The van der Waals surface area contributed by atoms with E-state index in [0.29, 0.717) is 24.9 Å². The number of hydrogen-bond acceptors (Lipinski definition) is 9. The second-order valence-corrected chi connectivity index (χ2v) is 11.8. The lowest BCUT2D eigenvalue weighted by atomic mass is 10.0. The van der Waals surface area contributed by atoms with E-state index in [9.17, 15) is 39.3 Å². The van der Waals surface area contributed by atoms with E-state index >= 15 is 0 Å². The molecule has 2 aromatic rings. The van der Waals surface area contributed by atoms with Crippen LogP contribution in [-0.2, 0) is 36.8 Å². The number of nitrogens with one attached hydrogen (secondary N) is 4. The van der Waals surface area contributed by atoms with Gasteiger partial charge in [0.25, 0.3) is 0 Å². The predicted molar refractivity (Wildman–Crippen MR) is 175 cm³/mol. The minimum absolute atomic E-state index is 0.0169. The summed E-state index contributed by atoms with van der Waals surface area (Å²) < 4.78 is 0. The molecule has 0 saturated heterocycles. The number of unbranched alkanes of at least 4 members (excludes halogenated alkanes) is 1. The molecule has 2 aromatic carbocycles. The zero-order valence-electron chi connectivity index (χ0n) is 26.9. The van der Waals surface area contributed by atoms with Gasteiger partial charge < -0.3 is 48.1 Å². The van der Waals surface area contributed by atoms with Crippen molar-refractivity contribution in [2.24, 2.45) is 17.4 Å². The molecule has 0 bridgehead atoms. The van der Waals surface area contributed by atoms with Crippen LogP contribution in [0.1, 0.15) is 50.7 Å². The number of carboxylic acids is 1. The van der Waals surface area contributed by atoms with E-state index < -0.39 is 66.4 Å². The topological polar surface area (TPSA) is 246 Å². The molecule has 47 heavy (non-hydrogen) atoms. The summed E-state index contributed by atoms with van der Waals surface area (Å²) in [6.07, 6.45) is 1.48. The van der Waals surface area contributed by atoms with Gasteiger partial charge in [-0.25, -0.2) is 4.79 Å². The van der Waals surface area contributed by atoms with E-state index in [0.717, 1.165) is 5.56 Å². The number of phenolic OH excluding ortho intramolecular Hbond substituents is 1. The molecule has 2 rings (SSSR count). The van der Waals surface area contributed by atoms with Crippen molar-refractivity contribution in [2.45, 2.75) is 82.6 Å². The lowest BCUT2D eigenvalue weighted by molar-refractivity contribution is -0.142. The van der Waals surface area contributed by atoms with Gasteiger partial charge in [-0.3, -0.25) is 19.2 Å². The third-order valence-electron chi connectivity index (χ3n) is 7.36. The Morgan fingerprint density at radius 3 is 1.81 bits per heavy atom. The van der Waals surface area contributed by atoms with Crippen LogP contribution in [0.4, 0.5) is 0 Å². The van der Waals surface area contributed by atoms with Crippen molar-refractivity contribution in [3.63, 3.8) is 0 Å². The first-order valence-electron chi connectivity index (χ1n) is 15.7. The first-order valence-corrected chi connectivity index (χ1v) is 15.7. The number of carbonyl (C=O) groups excluding carboxylic acids is 4. The number of phenols is 1. The van der Waals surface area contributed by atoms with Crippen LogP contribution in [0.15, 0.2) is 54.6 Å². The number of aromatic hydroxyl groups is 1. The number of aliphatic hydroxyl groups excluding tert-OH is 1. The molecule has 0 aromatic heterocycles. The number of carboxylic acid groups (broad SMARTS) is 1. The zero-order valence-corrected chi connectivity index (χ0v) is 26.9. The summed E-state index contributed by atoms with van der Waals surface area (Å²) in [6.45, 7) is 3.22. The number of aliphatic carboxylic acids is 1. The molecule has 4 amide bonds. The van der Waals surface area contributed by atoms with Gasteiger partial charge in [-0.1, -0.05) is 56.3 Å². The van der Waals surface area contributed by atoms with Gasteiger partial charge in [-0.2, -0.15) is 0 Å². The highest BCUT2D eigenvalue weighted by Gasteiger charge is 2.32. The fourth-order valence-corrected chi connectivity index (χ4v) is 4.78. The quantitative estimate of drug-likeness (QED) is 0.0842. The average molecular weight is 657 g/mol. The van der Waals surface area contributed by atoms with Crippen molar-refractivity contribution in [1.29, 1.82) is 0 Å². The molecule has 0 aliphatic carbocycles. The van der Waals surface area contributed by atoms with Crippen LogP contribution in [0.2, 0.25) is 0 Å². The molecule has 11 N–H and O–H groups in total. The van der Waals surface area contributed by atoms with Gasteiger partial charge in [0.15, 0.2) is 0 Å². The maximum atomic E-state index is 13.3. The van der Waals surface area contributed by atoms with Crippen LogP contribution >= 0.6 is 0 Å². The second kappa shape index (κ2) is 19.9. The number of amides is 4. The molecule has 0 aliphatic rings. The Labute approximate surface area is 274 Å². The zero-order chi connectivity index (χ0) is 34.9. The first-order chi connectivity index (χ1) is 22.3. The lowest BCUT2D eigenvalue weighted by Crippen LogP contribution is -2.60. The Bertz CT molecular complexity index is 1310. The summed E-state index contributed by atoms with van der Waals surface area (Å²) in [5.74, 6) is -4.33. The molecule has 258 valence electrons. The van der Waals surface area contributed by atoms with E-state index in [2.05, 4.69) is 21.3 Å². The molecule has 0 saturated carbocycles. The number of rotatable bonds is 20. The number of carbonyl (C=O) groups is 5. The van der Waals surface area contributed by atoms with Gasteiger partial charge in [0.05, 0.1) is 12.6 Å². The molecule has 0 spiro atoms. The third-order valence-corrected chi connectivity index (χ3v) is 7.36. The van der Waals surface area contributed by atoms with Crippen molar-refractivity contribution < 1.29 is 39.3 Å². The van der Waals surface area contributed by atoms with Gasteiger partial charge in [-0.15, -0.1) is 0 Å². The Morgan fingerprint density at radius 1 is 0.702 bits per heavy atom. The fraction of sp³-hybridized carbons (Fsp3) is 0.485. The summed E-state index contributed by atoms with van der Waals surface area (Å²) in [6, 6.07) is 8.91. The highest BCUT2D eigenvalue weighted by atomic mass is 16.4. The molecule has 14 nitrogen and oxygen atoms in total. The molecular formula is C33H48N6O8. The van der Waals surface area contributed by atoms with Crippen LogP contribution in [0.25, 0.3) is 0 Å². The number of nitrogens with two attached hydrogens (primary N) is 2. The Morgan fingerprint density at radius 2 is 1.23 bits per heavy atom. The minimum Gasteiger partial charge on any atom is -0.508 e. The number of hydrogen-bond donors (Lipinski definition) is 9. The van der Waals surface area contributed by atoms with E-state index in [4.69, 9.17) is 11.5 Å². The summed E-state index contributed by atoms with van der Waals surface area (Å²) in [7, 11) is 0. The minimum atomic E-state index is -1.51. The largest absolute Gasteiger partial charge is 0.508 e. The Hall–Kier alpha value is -4.53. The molecule has 5 atom stereocenters. The van der Waals surface area contributed by atoms with Gasteiger partial charge in [0, 0.05) is 6.42 Å². The average Bonchev–Trinajstić information content (AvgIpc) is 3.03. The van der Waals surface area contributed by atoms with Gasteiger partial charge in [-0.05, 0) is 67.8 Å².